The Morgan fingerprint density at radius 1 is 1.38 bits per heavy atom. The maximum absolute atomic E-state index is 5.96. The van der Waals surface area contributed by atoms with Crippen LogP contribution in [0.3, 0.4) is 0 Å². The van der Waals surface area contributed by atoms with Crippen molar-refractivity contribution in [2.24, 2.45) is 0 Å². The standard InChI is InChI=1S/C11H22OSi/c1-6-8-10-11(9-7-2)12-13(3,4)5/h7-8,10-11H,2,6,9H2,1,3-5H3/b10-8+. The minimum Gasteiger partial charge on any atom is -0.411 e. The molecule has 0 radical (unpaired) electrons. The lowest BCUT2D eigenvalue weighted by atomic mass is 10.2. The van der Waals surface area contributed by atoms with Crippen molar-refractivity contribution in [3.05, 3.63) is 24.8 Å². The van der Waals surface area contributed by atoms with Crippen molar-refractivity contribution in [2.45, 2.75) is 45.5 Å². The third kappa shape index (κ3) is 8.00. The Morgan fingerprint density at radius 2 is 2.00 bits per heavy atom. The number of allylic oxidation sites excluding steroid dienone is 1. The van der Waals surface area contributed by atoms with Gasteiger partial charge in [0.2, 0.25) is 0 Å². The van der Waals surface area contributed by atoms with Crippen molar-refractivity contribution in [3.63, 3.8) is 0 Å². The van der Waals surface area contributed by atoms with Gasteiger partial charge in [-0.05, 0) is 32.5 Å². The van der Waals surface area contributed by atoms with Gasteiger partial charge in [0.25, 0.3) is 0 Å². The molecule has 0 bridgehead atoms. The van der Waals surface area contributed by atoms with Crippen LogP contribution in [-0.2, 0) is 4.43 Å². The fourth-order valence-corrected chi connectivity index (χ4v) is 2.16. The predicted octanol–water partition coefficient (Wildman–Crippen LogP) is 3.75. The molecule has 0 amide bonds. The molecule has 13 heavy (non-hydrogen) atoms. The van der Waals surface area contributed by atoms with Gasteiger partial charge in [-0.1, -0.05) is 25.2 Å². The molecule has 2 heteroatoms. The monoisotopic (exact) mass is 198 g/mol. The molecule has 0 aromatic rings. The zero-order chi connectivity index (χ0) is 10.3. The van der Waals surface area contributed by atoms with Gasteiger partial charge >= 0.3 is 0 Å². The summed E-state index contributed by atoms with van der Waals surface area (Å²) in [4.78, 5) is 0. The van der Waals surface area contributed by atoms with Crippen LogP contribution in [-0.4, -0.2) is 14.4 Å². The first-order chi connectivity index (χ1) is 5.99. The van der Waals surface area contributed by atoms with Crippen LogP contribution in [0.5, 0.6) is 0 Å². The van der Waals surface area contributed by atoms with Crippen molar-refractivity contribution in [2.75, 3.05) is 0 Å². The van der Waals surface area contributed by atoms with E-state index in [1.807, 2.05) is 6.08 Å². The van der Waals surface area contributed by atoms with Crippen molar-refractivity contribution in [3.8, 4) is 0 Å². The van der Waals surface area contributed by atoms with Gasteiger partial charge in [0.05, 0.1) is 6.10 Å². The lowest BCUT2D eigenvalue weighted by molar-refractivity contribution is 0.245. The molecule has 0 aliphatic rings. The Balaban J connectivity index is 4.09. The molecule has 0 aromatic heterocycles. The summed E-state index contributed by atoms with van der Waals surface area (Å²) in [5.41, 5.74) is 0. The van der Waals surface area contributed by atoms with Gasteiger partial charge in [0.15, 0.2) is 8.32 Å². The molecule has 0 aromatic carbocycles. The fraction of sp³-hybridized carbons (Fsp3) is 0.636. The van der Waals surface area contributed by atoms with E-state index in [2.05, 4.69) is 45.3 Å². The summed E-state index contributed by atoms with van der Waals surface area (Å²) in [5.74, 6) is 0. The Hall–Kier alpha value is -0.343. The van der Waals surface area contributed by atoms with E-state index in [-0.39, 0.29) is 6.10 Å². The largest absolute Gasteiger partial charge is 0.411 e. The molecule has 0 spiro atoms. The predicted molar refractivity (Wildman–Crippen MR) is 62.5 cm³/mol. The third-order valence-corrected chi connectivity index (χ3v) is 2.50. The molecule has 1 unspecified atom stereocenters. The van der Waals surface area contributed by atoms with Gasteiger partial charge in [-0.15, -0.1) is 6.58 Å². The second-order valence-electron chi connectivity index (χ2n) is 4.13. The van der Waals surface area contributed by atoms with Crippen LogP contribution in [0.1, 0.15) is 19.8 Å². The van der Waals surface area contributed by atoms with E-state index in [4.69, 9.17) is 4.43 Å². The second kappa shape index (κ2) is 6.16. The quantitative estimate of drug-likeness (QED) is 0.466. The van der Waals surface area contributed by atoms with Crippen molar-refractivity contribution in [1.29, 1.82) is 0 Å². The first-order valence-electron chi connectivity index (χ1n) is 4.95. The first kappa shape index (κ1) is 12.7. The molecular weight excluding hydrogens is 176 g/mol. The van der Waals surface area contributed by atoms with Gasteiger partial charge in [-0.3, -0.25) is 0 Å². The maximum Gasteiger partial charge on any atom is 0.184 e. The van der Waals surface area contributed by atoms with Crippen LogP contribution >= 0.6 is 0 Å². The lowest BCUT2D eigenvalue weighted by Crippen LogP contribution is -2.30. The van der Waals surface area contributed by atoms with Crippen LogP contribution in [0.4, 0.5) is 0 Å². The van der Waals surface area contributed by atoms with Crippen molar-refractivity contribution >= 4 is 8.32 Å². The molecule has 1 atom stereocenters. The van der Waals surface area contributed by atoms with E-state index in [9.17, 15) is 0 Å². The van der Waals surface area contributed by atoms with E-state index in [0.29, 0.717) is 0 Å². The van der Waals surface area contributed by atoms with Crippen LogP contribution in [0.2, 0.25) is 19.6 Å². The average molecular weight is 198 g/mol. The highest BCUT2D eigenvalue weighted by atomic mass is 28.4. The normalized spacial score (nSPS) is 14.8. The van der Waals surface area contributed by atoms with E-state index < -0.39 is 8.32 Å². The summed E-state index contributed by atoms with van der Waals surface area (Å²) in [6, 6.07) is 0. The zero-order valence-corrected chi connectivity index (χ0v) is 10.3. The molecule has 0 aliphatic carbocycles. The zero-order valence-electron chi connectivity index (χ0n) is 9.34. The minimum atomic E-state index is -1.41. The smallest absolute Gasteiger partial charge is 0.184 e. The molecular formula is C11H22OSi. The Bertz CT molecular complexity index is 167. The summed E-state index contributed by atoms with van der Waals surface area (Å²) in [6.07, 6.45) is 8.46. The van der Waals surface area contributed by atoms with Gasteiger partial charge in [-0.25, -0.2) is 0 Å². The maximum atomic E-state index is 5.96. The second-order valence-corrected chi connectivity index (χ2v) is 8.59. The molecule has 0 fully saturated rings. The Morgan fingerprint density at radius 3 is 2.38 bits per heavy atom. The Kier molecular flexibility index (Phi) is 6.00. The highest BCUT2D eigenvalue weighted by molar-refractivity contribution is 6.69. The van der Waals surface area contributed by atoms with Gasteiger partial charge in [-0.2, -0.15) is 0 Å². The molecule has 0 saturated carbocycles. The topological polar surface area (TPSA) is 9.23 Å². The molecule has 1 nitrogen and oxygen atoms in total. The highest BCUT2D eigenvalue weighted by Gasteiger charge is 2.18. The molecule has 0 rings (SSSR count). The minimum absolute atomic E-state index is 0.240. The molecule has 0 aliphatic heterocycles. The molecule has 0 saturated heterocycles. The fourth-order valence-electron chi connectivity index (χ4n) is 1.07. The number of hydrogen-bond acceptors (Lipinski definition) is 1. The first-order valence-corrected chi connectivity index (χ1v) is 8.35. The summed E-state index contributed by atoms with van der Waals surface area (Å²) in [5, 5.41) is 0. The summed E-state index contributed by atoms with van der Waals surface area (Å²) < 4.78 is 5.96. The van der Waals surface area contributed by atoms with Gasteiger partial charge in [0.1, 0.15) is 0 Å². The summed E-state index contributed by atoms with van der Waals surface area (Å²) in [7, 11) is -1.41. The van der Waals surface area contributed by atoms with E-state index >= 15 is 0 Å². The van der Waals surface area contributed by atoms with Crippen LogP contribution < -0.4 is 0 Å². The van der Waals surface area contributed by atoms with Crippen LogP contribution in [0, 0.1) is 0 Å². The Labute approximate surface area is 83.6 Å². The SMILES string of the molecule is C=CCC(/C=C/CC)O[Si](C)(C)C. The van der Waals surface area contributed by atoms with Crippen LogP contribution in [0.15, 0.2) is 24.8 Å². The van der Waals surface area contributed by atoms with E-state index in [1.54, 1.807) is 0 Å². The highest BCUT2D eigenvalue weighted by Crippen LogP contribution is 2.11. The average Bonchev–Trinajstić information content (AvgIpc) is 1.98. The number of hydrogen-bond donors (Lipinski definition) is 0. The van der Waals surface area contributed by atoms with E-state index in [0.717, 1.165) is 12.8 Å². The van der Waals surface area contributed by atoms with E-state index in [1.165, 1.54) is 0 Å². The van der Waals surface area contributed by atoms with Crippen molar-refractivity contribution < 1.29 is 4.43 Å². The van der Waals surface area contributed by atoms with Crippen molar-refractivity contribution in [1.82, 2.24) is 0 Å². The molecule has 76 valence electrons. The number of rotatable bonds is 6. The van der Waals surface area contributed by atoms with Gasteiger partial charge in [0, 0.05) is 0 Å². The third-order valence-electron chi connectivity index (χ3n) is 1.49. The van der Waals surface area contributed by atoms with Gasteiger partial charge < -0.3 is 4.43 Å². The summed E-state index contributed by atoms with van der Waals surface area (Å²) in [6.45, 7) is 12.5. The van der Waals surface area contributed by atoms with Crippen LogP contribution in [0.25, 0.3) is 0 Å². The molecule has 0 heterocycles. The lowest BCUT2D eigenvalue weighted by Gasteiger charge is -2.23. The molecule has 0 N–H and O–H groups in total. The summed E-state index contributed by atoms with van der Waals surface area (Å²) >= 11 is 0.